The molecule has 2 heteroatoms. The Bertz CT molecular complexity index is 158. The van der Waals surface area contributed by atoms with E-state index >= 15 is 0 Å². The third-order valence-electron chi connectivity index (χ3n) is 2.58. The normalized spacial score (nSPS) is 15.6. The third-order valence-corrected chi connectivity index (χ3v) is 2.79. The Morgan fingerprint density at radius 1 is 1.31 bits per heavy atom. The monoisotopic (exact) mass is 201 g/mol. The van der Waals surface area contributed by atoms with Crippen LogP contribution in [0.5, 0.6) is 0 Å². The summed E-state index contributed by atoms with van der Waals surface area (Å²) in [6.07, 6.45) is 4.27. The summed E-state index contributed by atoms with van der Waals surface area (Å²) in [5.74, 6) is 0.831. The number of nitrogens with zero attached hydrogens (tertiary/aromatic N) is 1. The minimum absolute atomic E-state index is 0.351. The largest absolute Gasteiger partial charge is 0.300 e. The second-order valence-corrected chi connectivity index (χ2v) is 5.00. The van der Waals surface area contributed by atoms with Crippen LogP contribution in [-0.2, 0) is 0 Å². The van der Waals surface area contributed by atoms with Gasteiger partial charge in [0.25, 0.3) is 0 Å². The molecule has 1 atom stereocenters. The first-order chi connectivity index (χ1) is 5.89. The molecule has 0 aliphatic heterocycles. The van der Waals surface area contributed by atoms with Crippen molar-refractivity contribution >= 4 is 12.6 Å². The minimum atomic E-state index is 0.351. The van der Waals surface area contributed by atoms with Crippen molar-refractivity contribution in [2.75, 3.05) is 19.3 Å². The summed E-state index contributed by atoms with van der Waals surface area (Å²) in [6, 6.07) is 0.595. The van der Waals surface area contributed by atoms with Gasteiger partial charge in [-0.3, -0.25) is 4.90 Å². The fourth-order valence-corrected chi connectivity index (χ4v) is 1.28. The van der Waals surface area contributed by atoms with Crippen molar-refractivity contribution in [1.82, 2.24) is 4.90 Å². The van der Waals surface area contributed by atoms with Crippen LogP contribution in [0.1, 0.15) is 27.7 Å². The molecule has 0 spiro atoms. The maximum atomic E-state index is 4.13. The van der Waals surface area contributed by atoms with Crippen molar-refractivity contribution in [3.05, 3.63) is 12.2 Å². The highest BCUT2D eigenvalue weighted by atomic mass is 32.1. The molecule has 0 heterocycles. The van der Waals surface area contributed by atoms with Gasteiger partial charge in [-0.15, -0.1) is 0 Å². The smallest absolute Gasteiger partial charge is 0.0163 e. The number of thiol groups is 1. The molecule has 13 heavy (non-hydrogen) atoms. The second-order valence-electron chi connectivity index (χ2n) is 4.64. The summed E-state index contributed by atoms with van der Waals surface area (Å²) < 4.78 is 0. The van der Waals surface area contributed by atoms with E-state index in [1.807, 2.05) is 0 Å². The zero-order valence-electron chi connectivity index (χ0n) is 9.54. The summed E-state index contributed by atoms with van der Waals surface area (Å²) in [6.45, 7) is 10.1. The van der Waals surface area contributed by atoms with Crippen LogP contribution in [0, 0.1) is 5.41 Å². The van der Waals surface area contributed by atoms with Crippen molar-refractivity contribution in [3.8, 4) is 0 Å². The van der Waals surface area contributed by atoms with Crippen LogP contribution >= 0.6 is 12.6 Å². The number of hydrogen-bond acceptors (Lipinski definition) is 2. The lowest BCUT2D eigenvalue weighted by Gasteiger charge is -2.34. The van der Waals surface area contributed by atoms with Gasteiger partial charge in [0.05, 0.1) is 0 Å². The van der Waals surface area contributed by atoms with E-state index in [0.717, 1.165) is 12.3 Å². The predicted molar refractivity (Wildman–Crippen MR) is 64.5 cm³/mol. The maximum Gasteiger partial charge on any atom is 0.0163 e. The summed E-state index contributed by atoms with van der Waals surface area (Å²) in [5, 5.41) is 0. The molecule has 0 N–H and O–H groups in total. The van der Waals surface area contributed by atoms with Gasteiger partial charge >= 0.3 is 0 Å². The fourth-order valence-electron chi connectivity index (χ4n) is 1.13. The zero-order chi connectivity index (χ0) is 10.5. The molecule has 0 fully saturated rings. The molecule has 0 bridgehead atoms. The van der Waals surface area contributed by atoms with Crippen molar-refractivity contribution < 1.29 is 0 Å². The fraction of sp³-hybridized carbons (Fsp3) is 0.818. The molecule has 0 radical (unpaired) electrons. The maximum absolute atomic E-state index is 4.13. The molecule has 0 aromatic carbocycles. The van der Waals surface area contributed by atoms with E-state index in [1.54, 1.807) is 0 Å². The van der Waals surface area contributed by atoms with Crippen LogP contribution in [0.3, 0.4) is 0 Å². The van der Waals surface area contributed by atoms with Gasteiger partial charge in [-0.1, -0.05) is 32.9 Å². The average Bonchev–Trinajstić information content (AvgIpc) is 2.01. The van der Waals surface area contributed by atoms with Gasteiger partial charge in [-0.2, -0.15) is 12.6 Å². The Kier molecular flexibility index (Phi) is 5.73. The Hall–Kier alpha value is 0.0500. The van der Waals surface area contributed by atoms with Crippen molar-refractivity contribution in [2.24, 2.45) is 5.41 Å². The lowest BCUT2D eigenvalue weighted by Crippen LogP contribution is -2.39. The summed E-state index contributed by atoms with van der Waals surface area (Å²) in [7, 11) is 2.17. The summed E-state index contributed by atoms with van der Waals surface area (Å²) in [5.41, 5.74) is 0.351. The van der Waals surface area contributed by atoms with E-state index < -0.39 is 0 Å². The van der Waals surface area contributed by atoms with E-state index in [0.29, 0.717) is 11.5 Å². The highest BCUT2D eigenvalue weighted by Crippen LogP contribution is 2.22. The topological polar surface area (TPSA) is 3.24 Å². The molecule has 0 aliphatic rings. The molecule has 0 amide bonds. The molecule has 1 nitrogen and oxygen atoms in total. The van der Waals surface area contributed by atoms with Crippen LogP contribution in [0.2, 0.25) is 0 Å². The Balaban J connectivity index is 3.96. The molecule has 78 valence electrons. The second kappa shape index (κ2) is 5.71. The van der Waals surface area contributed by atoms with Crippen LogP contribution in [-0.4, -0.2) is 30.3 Å². The highest BCUT2D eigenvalue weighted by molar-refractivity contribution is 7.80. The molecular formula is C11H23NS. The van der Waals surface area contributed by atoms with Gasteiger partial charge in [0.1, 0.15) is 0 Å². The van der Waals surface area contributed by atoms with Gasteiger partial charge in [0.2, 0.25) is 0 Å². The quantitative estimate of drug-likeness (QED) is 0.541. The lowest BCUT2D eigenvalue weighted by atomic mass is 9.87. The first-order valence-corrected chi connectivity index (χ1v) is 5.49. The molecule has 1 unspecified atom stereocenters. The molecule has 0 aromatic rings. The van der Waals surface area contributed by atoms with E-state index in [1.165, 1.54) is 0 Å². The van der Waals surface area contributed by atoms with Gasteiger partial charge in [0, 0.05) is 18.3 Å². The minimum Gasteiger partial charge on any atom is -0.300 e. The number of hydrogen-bond donors (Lipinski definition) is 1. The van der Waals surface area contributed by atoms with E-state index in [4.69, 9.17) is 0 Å². The van der Waals surface area contributed by atoms with Crippen LogP contribution in [0.25, 0.3) is 0 Å². The number of rotatable bonds is 4. The molecule has 0 saturated heterocycles. The molecule has 0 aliphatic carbocycles. The first kappa shape index (κ1) is 13.1. The van der Waals surface area contributed by atoms with Gasteiger partial charge in [-0.25, -0.2) is 0 Å². The molecule has 0 rings (SSSR count). The van der Waals surface area contributed by atoms with Crippen LogP contribution in [0.15, 0.2) is 12.2 Å². The van der Waals surface area contributed by atoms with Gasteiger partial charge < -0.3 is 0 Å². The predicted octanol–water partition coefficient (Wildman–Crippen LogP) is 2.84. The van der Waals surface area contributed by atoms with Crippen molar-refractivity contribution in [2.45, 2.75) is 33.7 Å². The average molecular weight is 201 g/mol. The lowest BCUT2D eigenvalue weighted by molar-refractivity contribution is 0.154. The van der Waals surface area contributed by atoms with E-state index in [-0.39, 0.29) is 0 Å². The first-order valence-electron chi connectivity index (χ1n) is 4.85. The van der Waals surface area contributed by atoms with Crippen LogP contribution < -0.4 is 0 Å². The summed E-state index contributed by atoms with van der Waals surface area (Å²) in [4.78, 5) is 2.36. The van der Waals surface area contributed by atoms with Crippen molar-refractivity contribution in [3.63, 3.8) is 0 Å². The van der Waals surface area contributed by atoms with E-state index in [2.05, 4.69) is 64.4 Å². The Labute approximate surface area is 88.6 Å². The third kappa shape index (κ3) is 5.37. The molecular weight excluding hydrogens is 178 g/mol. The summed E-state index contributed by atoms with van der Waals surface area (Å²) >= 11 is 4.13. The van der Waals surface area contributed by atoms with Crippen molar-refractivity contribution in [1.29, 1.82) is 0 Å². The SMILES string of the molecule is CC(N(C)CC=CCS)C(C)(C)C. The van der Waals surface area contributed by atoms with E-state index in [9.17, 15) is 0 Å². The van der Waals surface area contributed by atoms with Crippen LogP contribution in [0.4, 0.5) is 0 Å². The number of likely N-dealkylation sites (N-methyl/N-ethyl adjacent to an activating group) is 1. The Morgan fingerprint density at radius 2 is 1.85 bits per heavy atom. The highest BCUT2D eigenvalue weighted by Gasteiger charge is 2.22. The Morgan fingerprint density at radius 3 is 2.23 bits per heavy atom. The van der Waals surface area contributed by atoms with Gasteiger partial charge in [0.15, 0.2) is 0 Å². The molecule has 0 aromatic heterocycles. The molecule has 0 saturated carbocycles. The standard InChI is InChI=1S/C11H23NS/c1-10(11(2,3)4)12(5)8-6-7-9-13/h6-7,10,13H,8-9H2,1-5H3. The zero-order valence-corrected chi connectivity index (χ0v) is 10.4. The van der Waals surface area contributed by atoms with Gasteiger partial charge in [-0.05, 0) is 19.4 Å².